The Morgan fingerprint density at radius 3 is 2.38 bits per heavy atom. The number of H-pyrrole nitrogens is 1. The third-order valence-corrected chi connectivity index (χ3v) is 4.99. The first-order chi connectivity index (χ1) is 13.9. The maximum absolute atomic E-state index is 13.8. The van der Waals surface area contributed by atoms with Gasteiger partial charge in [-0.2, -0.15) is 18.3 Å². The van der Waals surface area contributed by atoms with Crippen molar-refractivity contribution in [2.45, 2.75) is 25.4 Å². The van der Waals surface area contributed by atoms with Crippen LogP contribution in [-0.2, 0) is 6.18 Å². The average molecular weight is 400 g/mol. The van der Waals surface area contributed by atoms with Crippen molar-refractivity contribution in [1.29, 1.82) is 0 Å². The van der Waals surface area contributed by atoms with Gasteiger partial charge in [-0.1, -0.05) is 30.3 Å². The quantitative estimate of drug-likeness (QED) is 0.703. The monoisotopic (exact) mass is 400 g/mol. The molecule has 3 aromatic rings. The summed E-state index contributed by atoms with van der Waals surface area (Å²) in [4.78, 5) is 17.7. The molecular weight excluding hydrogens is 381 g/mol. The lowest BCUT2D eigenvalue weighted by molar-refractivity contribution is -0.137. The molecule has 3 heterocycles. The molecule has 1 fully saturated rings. The molecule has 0 atom stereocenters. The van der Waals surface area contributed by atoms with Crippen LogP contribution in [0.2, 0.25) is 0 Å². The number of hydrogen-bond donors (Lipinski definition) is 1. The Hall–Kier alpha value is -3.16. The summed E-state index contributed by atoms with van der Waals surface area (Å²) in [6.45, 7) is 1.11. The first kappa shape index (κ1) is 19.2. The van der Waals surface area contributed by atoms with Crippen LogP contribution in [0.1, 0.15) is 24.8 Å². The Morgan fingerprint density at radius 1 is 0.966 bits per heavy atom. The van der Waals surface area contributed by atoms with Crippen molar-refractivity contribution in [2.75, 3.05) is 18.0 Å². The molecule has 0 saturated carbocycles. The fourth-order valence-electron chi connectivity index (χ4n) is 3.61. The number of nitrogens with zero attached hydrogens (tertiary/aromatic N) is 3. The number of rotatable bonds is 3. The van der Waals surface area contributed by atoms with Gasteiger partial charge in [-0.3, -0.25) is 4.79 Å². The second kappa shape index (κ2) is 7.69. The second-order valence-corrected chi connectivity index (χ2v) is 7.00. The molecule has 0 radical (unpaired) electrons. The Morgan fingerprint density at radius 2 is 1.69 bits per heavy atom. The van der Waals surface area contributed by atoms with Gasteiger partial charge in [0.05, 0.1) is 5.56 Å². The molecule has 5 nitrogen and oxygen atoms in total. The fraction of sp³-hybridized carbons (Fsp3) is 0.286. The lowest BCUT2D eigenvalue weighted by Gasteiger charge is -2.30. The number of pyridine rings is 1. The Balaban J connectivity index is 1.85. The summed E-state index contributed by atoms with van der Waals surface area (Å²) in [7, 11) is 0. The molecular formula is C21H19F3N4O. The van der Waals surface area contributed by atoms with E-state index in [1.54, 1.807) is 29.2 Å². The summed E-state index contributed by atoms with van der Waals surface area (Å²) in [6.07, 6.45) is -0.449. The van der Waals surface area contributed by atoms with Crippen molar-refractivity contribution in [3.8, 4) is 22.4 Å². The minimum atomic E-state index is -4.55. The normalized spacial score (nSPS) is 14.8. The standard InChI is InChI=1S/C21H19F3N4O/c22-21(23,24)17-11-15(13-25-20(17)28-9-5-2-6-10-28)19-16(12-18(29)26-27-19)14-7-3-1-4-8-14/h1,3-4,7-8,11-13H,2,5-6,9-10H2,(H,26,29). The first-order valence-corrected chi connectivity index (χ1v) is 9.41. The Bertz CT molecular complexity index is 1060. The van der Waals surface area contributed by atoms with Crippen LogP contribution in [-0.4, -0.2) is 28.3 Å². The molecule has 1 saturated heterocycles. The van der Waals surface area contributed by atoms with E-state index in [0.717, 1.165) is 25.3 Å². The number of alkyl halides is 3. The number of piperidine rings is 1. The lowest BCUT2D eigenvalue weighted by atomic mass is 10.00. The summed E-state index contributed by atoms with van der Waals surface area (Å²) < 4.78 is 41.5. The highest BCUT2D eigenvalue weighted by atomic mass is 19.4. The van der Waals surface area contributed by atoms with Crippen LogP contribution in [0.4, 0.5) is 19.0 Å². The third-order valence-electron chi connectivity index (χ3n) is 4.99. The molecule has 8 heteroatoms. The lowest BCUT2D eigenvalue weighted by Crippen LogP contribution is -2.32. The maximum atomic E-state index is 13.8. The smallest absolute Gasteiger partial charge is 0.356 e. The van der Waals surface area contributed by atoms with Crippen LogP contribution in [0.3, 0.4) is 0 Å². The molecule has 1 aliphatic rings. The summed E-state index contributed by atoms with van der Waals surface area (Å²) in [5.41, 5.74) is 0.377. The van der Waals surface area contributed by atoms with Crippen LogP contribution >= 0.6 is 0 Å². The fourth-order valence-corrected chi connectivity index (χ4v) is 3.61. The molecule has 0 amide bonds. The van der Waals surface area contributed by atoms with E-state index in [1.807, 2.05) is 6.07 Å². The maximum Gasteiger partial charge on any atom is 0.419 e. The van der Waals surface area contributed by atoms with Gasteiger partial charge in [0.1, 0.15) is 11.5 Å². The van der Waals surface area contributed by atoms with E-state index < -0.39 is 17.3 Å². The number of nitrogens with one attached hydrogen (secondary N) is 1. The van der Waals surface area contributed by atoms with Gasteiger partial charge in [-0.15, -0.1) is 0 Å². The van der Waals surface area contributed by atoms with Crippen LogP contribution in [0.25, 0.3) is 22.4 Å². The Kier molecular flexibility index (Phi) is 5.08. The molecule has 2 aromatic heterocycles. The zero-order valence-corrected chi connectivity index (χ0v) is 15.5. The van der Waals surface area contributed by atoms with Gasteiger partial charge >= 0.3 is 6.18 Å². The van der Waals surface area contributed by atoms with Gasteiger partial charge in [-0.25, -0.2) is 10.1 Å². The summed E-state index contributed by atoms with van der Waals surface area (Å²) in [6, 6.07) is 11.4. The molecule has 1 N–H and O–H groups in total. The first-order valence-electron chi connectivity index (χ1n) is 9.41. The number of halogens is 3. The number of hydrogen-bond acceptors (Lipinski definition) is 4. The van der Waals surface area contributed by atoms with Crippen LogP contribution in [0, 0.1) is 0 Å². The molecule has 1 aromatic carbocycles. The minimum absolute atomic E-state index is 0.0494. The van der Waals surface area contributed by atoms with Crippen molar-refractivity contribution in [3.63, 3.8) is 0 Å². The topological polar surface area (TPSA) is 61.9 Å². The molecule has 0 spiro atoms. The number of aromatic amines is 1. The van der Waals surface area contributed by atoms with Gasteiger partial charge in [0.2, 0.25) is 0 Å². The van der Waals surface area contributed by atoms with Crippen molar-refractivity contribution in [3.05, 3.63) is 64.6 Å². The van der Waals surface area contributed by atoms with Crippen molar-refractivity contribution >= 4 is 5.82 Å². The largest absolute Gasteiger partial charge is 0.419 e. The Labute approximate surface area is 165 Å². The predicted octanol–water partition coefficient (Wildman–Crippen LogP) is 4.51. The van der Waals surface area contributed by atoms with Gasteiger partial charge in [-0.05, 0) is 30.9 Å². The minimum Gasteiger partial charge on any atom is -0.356 e. The van der Waals surface area contributed by atoms with E-state index in [4.69, 9.17) is 0 Å². The van der Waals surface area contributed by atoms with E-state index in [-0.39, 0.29) is 17.1 Å². The molecule has 1 aliphatic heterocycles. The average Bonchev–Trinajstić information content (AvgIpc) is 2.74. The third kappa shape index (κ3) is 4.01. The van der Waals surface area contributed by atoms with Crippen LogP contribution in [0.15, 0.2) is 53.5 Å². The zero-order valence-electron chi connectivity index (χ0n) is 15.5. The highest BCUT2D eigenvalue weighted by Crippen LogP contribution is 2.39. The second-order valence-electron chi connectivity index (χ2n) is 7.00. The van der Waals surface area contributed by atoms with E-state index in [2.05, 4.69) is 15.2 Å². The summed E-state index contributed by atoms with van der Waals surface area (Å²) in [5.74, 6) is -0.0494. The van der Waals surface area contributed by atoms with Crippen molar-refractivity contribution < 1.29 is 13.2 Å². The molecule has 29 heavy (non-hydrogen) atoms. The zero-order chi connectivity index (χ0) is 20.4. The van der Waals surface area contributed by atoms with Crippen LogP contribution in [0.5, 0.6) is 0 Å². The number of anilines is 1. The molecule has 0 aliphatic carbocycles. The molecule has 150 valence electrons. The van der Waals surface area contributed by atoms with E-state index in [9.17, 15) is 18.0 Å². The van der Waals surface area contributed by atoms with E-state index in [0.29, 0.717) is 24.2 Å². The molecule has 4 rings (SSSR count). The van der Waals surface area contributed by atoms with Crippen LogP contribution < -0.4 is 10.5 Å². The van der Waals surface area contributed by atoms with Crippen molar-refractivity contribution in [1.82, 2.24) is 15.2 Å². The van der Waals surface area contributed by atoms with Gasteiger partial charge < -0.3 is 4.90 Å². The van der Waals surface area contributed by atoms with Gasteiger partial charge in [0, 0.05) is 36.5 Å². The van der Waals surface area contributed by atoms with Gasteiger partial charge in [0.15, 0.2) is 0 Å². The van der Waals surface area contributed by atoms with Crippen molar-refractivity contribution in [2.24, 2.45) is 0 Å². The SMILES string of the molecule is O=c1cc(-c2ccccc2)c(-c2cnc(N3CCCCC3)c(C(F)(F)F)c2)n[nH]1. The highest BCUT2D eigenvalue weighted by molar-refractivity contribution is 5.80. The number of aromatic nitrogens is 3. The summed E-state index contributed by atoms with van der Waals surface area (Å²) >= 11 is 0. The predicted molar refractivity (Wildman–Crippen MR) is 105 cm³/mol. The van der Waals surface area contributed by atoms with Gasteiger partial charge in [0.25, 0.3) is 5.56 Å². The highest BCUT2D eigenvalue weighted by Gasteiger charge is 2.37. The van der Waals surface area contributed by atoms with E-state index >= 15 is 0 Å². The summed E-state index contributed by atoms with van der Waals surface area (Å²) in [5, 5.41) is 6.35. The molecule has 0 bridgehead atoms. The van der Waals surface area contributed by atoms with E-state index in [1.165, 1.54) is 12.3 Å². The molecule has 0 unspecified atom stereocenters. The number of benzene rings is 1.